The fourth-order valence-corrected chi connectivity index (χ4v) is 3.36. The number of amides is 1. The van der Waals surface area contributed by atoms with Crippen molar-refractivity contribution in [3.05, 3.63) is 53.2 Å². The molecule has 2 atom stereocenters. The minimum Gasteiger partial charge on any atom is -0.337 e. The first-order valence-electron chi connectivity index (χ1n) is 8.12. The van der Waals surface area contributed by atoms with Crippen LogP contribution in [0.4, 0.5) is 5.82 Å². The highest BCUT2D eigenvalue weighted by atomic mass is 35.5. The summed E-state index contributed by atoms with van der Waals surface area (Å²) in [7, 11) is 1.95. The second-order valence-electron chi connectivity index (χ2n) is 6.45. The molecule has 1 aliphatic rings. The van der Waals surface area contributed by atoms with Crippen LogP contribution in [0.3, 0.4) is 0 Å². The number of nitrogens with one attached hydrogen (secondary N) is 2. The summed E-state index contributed by atoms with van der Waals surface area (Å²) in [5.74, 6) is 0.741. The fourth-order valence-electron chi connectivity index (χ4n) is 3.24. The molecule has 7 heteroatoms. The molecule has 0 unspecified atom stereocenters. The molecule has 1 fully saturated rings. The molecule has 2 aromatic heterocycles. The van der Waals surface area contributed by atoms with Crippen LogP contribution in [-0.2, 0) is 11.8 Å². The lowest BCUT2D eigenvalue weighted by molar-refractivity contribution is -0.117. The predicted molar refractivity (Wildman–Crippen MR) is 96.5 cm³/mol. The van der Waals surface area contributed by atoms with E-state index in [-0.39, 0.29) is 17.7 Å². The van der Waals surface area contributed by atoms with Crippen LogP contribution in [0, 0.1) is 12.8 Å². The second kappa shape index (κ2) is 6.04. The van der Waals surface area contributed by atoms with Gasteiger partial charge in [0.25, 0.3) is 0 Å². The minimum atomic E-state index is -0.0366. The quantitative estimate of drug-likeness (QED) is 0.751. The maximum Gasteiger partial charge on any atom is 0.229 e. The first-order valence-corrected chi connectivity index (χ1v) is 8.50. The van der Waals surface area contributed by atoms with Gasteiger partial charge in [-0.2, -0.15) is 5.10 Å². The van der Waals surface area contributed by atoms with Gasteiger partial charge < -0.3 is 9.88 Å². The van der Waals surface area contributed by atoms with Gasteiger partial charge in [0, 0.05) is 47.1 Å². The van der Waals surface area contributed by atoms with Gasteiger partial charge in [0.2, 0.25) is 5.91 Å². The van der Waals surface area contributed by atoms with Crippen molar-refractivity contribution < 1.29 is 4.79 Å². The Bertz CT molecular complexity index is 927. The summed E-state index contributed by atoms with van der Waals surface area (Å²) in [5, 5.41) is 10.9. The Morgan fingerprint density at radius 3 is 2.80 bits per heavy atom. The average molecular weight is 356 g/mol. The van der Waals surface area contributed by atoms with Crippen LogP contribution < -0.4 is 5.32 Å². The molecule has 2 heterocycles. The normalized spacial score (nSPS) is 19.0. The monoisotopic (exact) mass is 355 g/mol. The molecule has 1 amide bonds. The largest absolute Gasteiger partial charge is 0.337 e. The van der Waals surface area contributed by atoms with Crippen LogP contribution in [0.25, 0.3) is 11.1 Å². The number of aromatic nitrogens is 4. The van der Waals surface area contributed by atoms with Gasteiger partial charge >= 0.3 is 0 Å². The Balaban J connectivity index is 1.53. The highest BCUT2D eigenvalue weighted by Crippen LogP contribution is 2.48. The van der Waals surface area contributed by atoms with Gasteiger partial charge in [0.15, 0.2) is 5.82 Å². The minimum absolute atomic E-state index is 0.00656. The van der Waals surface area contributed by atoms with E-state index in [0.29, 0.717) is 10.8 Å². The number of hydrogen-bond acceptors (Lipinski definition) is 3. The number of imidazole rings is 1. The topological polar surface area (TPSA) is 75.6 Å². The molecule has 4 rings (SSSR count). The summed E-state index contributed by atoms with van der Waals surface area (Å²) in [5.41, 5.74) is 3.85. The molecule has 0 bridgehead atoms. The molecular formula is C18H18ClN5O. The maximum absolute atomic E-state index is 12.6. The molecule has 3 aromatic rings. The zero-order valence-corrected chi connectivity index (χ0v) is 14.7. The number of carbonyl (C=O) groups excluding carboxylic acids is 1. The first kappa shape index (κ1) is 15.9. The van der Waals surface area contributed by atoms with Crippen molar-refractivity contribution in [2.45, 2.75) is 19.3 Å². The van der Waals surface area contributed by atoms with Crippen molar-refractivity contribution in [3.63, 3.8) is 0 Å². The molecule has 1 aliphatic carbocycles. The van der Waals surface area contributed by atoms with Crippen molar-refractivity contribution in [3.8, 4) is 11.1 Å². The molecule has 0 radical (unpaired) electrons. The van der Waals surface area contributed by atoms with Crippen LogP contribution >= 0.6 is 11.6 Å². The summed E-state index contributed by atoms with van der Waals surface area (Å²) >= 11 is 5.96. The summed E-state index contributed by atoms with van der Waals surface area (Å²) in [6, 6.07) is 7.50. The second-order valence-corrected chi connectivity index (χ2v) is 6.88. The smallest absolute Gasteiger partial charge is 0.229 e. The molecule has 0 aliphatic heterocycles. The lowest BCUT2D eigenvalue weighted by Crippen LogP contribution is -2.15. The third-order valence-corrected chi connectivity index (χ3v) is 4.93. The molecule has 1 saturated carbocycles. The number of benzene rings is 1. The van der Waals surface area contributed by atoms with E-state index in [4.69, 9.17) is 11.6 Å². The number of anilines is 1. The molecule has 0 spiro atoms. The third kappa shape index (κ3) is 2.93. The van der Waals surface area contributed by atoms with Crippen LogP contribution in [0.2, 0.25) is 5.02 Å². The van der Waals surface area contributed by atoms with E-state index in [9.17, 15) is 4.79 Å². The van der Waals surface area contributed by atoms with E-state index in [1.807, 2.05) is 49.0 Å². The molecule has 128 valence electrons. The number of rotatable bonds is 4. The fraction of sp³-hybridized carbons (Fsp3) is 0.278. The van der Waals surface area contributed by atoms with Crippen LogP contribution in [-0.4, -0.2) is 25.7 Å². The summed E-state index contributed by atoms with van der Waals surface area (Å²) in [6.45, 7) is 1.93. The number of aryl methyl sites for hydroxylation is 2. The summed E-state index contributed by atoms with van der Waals surface area (Å²) in [6.07, 6.45) is 4.43. The van der Waals surface area contributed by atoms with Crippen LogP contribution in [0.1, 0.15) is 23.7 Å². The van der Waals surface area contributed by atoms with Gasteiger partial charge in [-0.25, -0.2) is 4.98 Å². The lowest BCUT2D eigenvalue weighted by atomic mass is 10.1. The molecule has 6 nitrogen and oxygen atoms in total. The SMILES string of the molecule is Cc1[nH]nc(NC(=O)[C@@H]2C[C@H]2c2cncn2C)c1-c1ccc(Cl)cc1. The van der Waals surface area contributed by atoms with Gasteiger partial charge in [-0.05, 0) is 31.0 Å². The summed E-state index contributed by atoms with van der Waals surface area (Å²) < 4.78 is 1.97. The first-order chi connectivity index (χ1) is 12.0. The Labute approximate surface area is 150 Å². The molecule has 0 saturated heterocycles. The van der Waals surface area contributed by atoms with E-state index in [0.717, 1.165) is 28.9 Å². The van der Waals surface area contributed by atoms with Gasteiger partial charge in [-0.15, -0.1) is 0 Å². The van der Waals surface area contributed by atoms with E-state index in [1.54, 1.807) is 6.33 Å². The number of H-pyrrole nitrogens is 1. The number of halogens is 1. The van der Waals surface area contributed by atoms with Crippen LogP contribution in [0.15, 0.2) is 36.8 Å². The van der Waals surface area contributed by atoms with Gasteiger partial charge in [-0.3, -0.25) is 9.89 Å². The Kier molecular flexibility index (Phi) is 3.84. The zero-order chi connectivity index (χ0) is 17.6. The van der Waals surface area contributed by atoms with E-state index < -0.39 is 0 Å². The number of aromatic amines is 1. The van der Waals surface area contributed by atoms with Crippen molar-refractivity contribution in [2.24, 2.45) is 13.0 Å². The maximum atomic E-state index is 12.6. The molecule has 2 N–H and O–H groups in total. The van der Waals surface area contributed by atoms with Gasteiger partial charge in [0.1, 0.15) is 0 Å². The number of nitrogens with zero attached hydrogens (tertiary/aromatic N) is 3. The van der Waals surface area contributed by atoms with Crippen molar-refractivity contribution >= 4 is 23.3 Å². The standard InChI is InChI=1S/C18H18ClN5O/c1-10-16(11-3-5-12(19)6-4-11)17(23-22-10)21-18(25)14-7-13(14)15-8-20-9-24(15)2/h3-6,8-9,13-14H,7H2,1-2H3,(H2,21,22,23,25)/t13-,14-/m1/s1. The Morgan fingerprint density at radius 1 is 1.36 bits per heavy atom. The molecule has 25 heavy (non-hydrogen) atoms. The third-order valence-electron chi connectivity index (χ3n) is 4.68. The van der Waals surface area contributed by atoms with E-state index in [1.165, 1.54) is 0 Å². The molecule has 1 aromatic carbocycles. The van der Waals surface area contributed by atoms with Crippen molar-refractivity contribution in [1.29, 1.82) is 0 Å². The van der Waals surface area contributed by atoms with Crippen molar-refractivity contribution in [2.75, 3.05) is 5.32 Å². The summed E-state index contributed by atoms with van der Waals surface area (Å²) in [4.78, 5) is 16.8. The molecular weight excluding hydrogens is 338 g/mol. The lowest BCUT2D eigenvalue weighted by Gasteiger charge is -2.07. The number of carbonyl (C=O) groups is 1. The average Bonchev–Trinajstić information content (AvgIpc) is 3.15. The van der Waals surface area contributed by atoms with Gasteiger partial charge in [-0.1, -0.05) is 23.7 Å². The Hall–Kier alpha value is -2.60. The highest BCUT2D eigenvalue weighted by molar-refractivity contribution is 6.30. The highest BCUT2D eigenvalue weighted by Gasteiger charge is 2.45. The van der Waals surface area contributed by atoms with Crippen LogP contribution in [0.5, 0.6) is 0 Å². The zero-order valence-electron chi connectivity index (χ0n) is 14.0. The van der Waals surface area contributed by atoms with Crippen molar-refractivity contribution in [1.82, 2.24) is 19.7 Å². The Morgan fingerprint density at radius 2 is 2.12 bits per heavy atom. The predicted octanol–water partition coefficient (Wildman–Crippen LogP) is 3.51. The van der Waals surface area contributed by atoms with Gasteiger partial charge in [0.05, 0.1) is 6.33 Å². The number of hydrogen-bond donors (Lipinski definition) is 2. The van der Waals surface area contributed by atoms with E-state index >= 15 is 0 Å². The van der Waals surface area contributed by atoms with E-state index in [2.05, 4.69) is 20.5 Å².